The van der Waals surface area contributed by atoms with E-state index in [9.17, 15) is 19.1 Å². The molecule has 0 fully saturated rings. The Kier molecular flexibility index (Phi) is 4.86. The molecule has 5 rings (SSSR count). The highest BCUT2D eigenvalue weighted by molar-refractivity contribution is 7.80. The van der Waals surface area contributed by atoms with Crippen molar-refractivity contribution in [3.05, 3.63) is 62.2 Å². The Hall–Kier alpha value is -2.71. The second-order valence-corrected chi connectivity index (χ2v) is 8.52. The number of aryl methyl sites for hydroxylation is 1. The van der Waals surface area contributed by atoms with Crippen LogP contribution in [0.15, 0.2) is 23.0 Å². The number of pyridine rings is 2. The maximum absolute atomic E-state index is 14.7. The molecule has 31 heavy (non-hydrogen) atoms. The van der Waals surface area contributed by atoms with Crippen LogP contribution in [-0.2, 0) is 29.1 Å². The summed E-state index contributed by atoms with van der Waals surface area (Å²) in [6.45, 7) is 1.95. The van der Waals surface area contributed by atoms with Crippen LogP contribution >= 0.6 is 12.6 Å². The van der Waals surface area contributed by atoms with E-state index in [1.54, 1.807) is 17.6 Å². The van der Waals surface area contributed by atoms with Gasteiger partial charge >= 0.3 is 5.97 Å². The van der Waals surface area contributed by atoms with Gasteiger partial charge in [0.15, 0.2) is 6.10 Å². The number of cyclic esters (lactones) is 1. The Labute approximate surface area is 183 Å². The Morgan fingerprint density at radius 1 is 1.29 bits per heavy atom. The van der Waals surface area contributed by atoms with Crippen LogP contribution in [0.3, 0.4) is 0 Å². The second kappa shape index (κ2) is 7.46. The SMILES string of the molecule is Cc1c(F)cc2nc3c(cc2c1CCCCS)Cn1c-3cc2c(c1=O)COC(=O)C2O. The van der Waals surface area contributed by atoms with Crippen molar-refractivity contribution in [3.8, 4) is 11.4 Å². The standard InChI is InChI=1S/C23H21FN2O4S/c1-11-13(4-2-3-5-31)14-6-12-9-26-19(20(12)25-18(14)8-17(11)24)7-15-16(22(26)28)10-30-23(29)21(15)27/h6-8,21,27,31H,2-5,9-10H2,1H3. The van der Waals surface area contributed by atoms with E-state index in [1.165, 1.54) is 6.07 Å². The van der Waals surface area contributed by atoms with Crippen LogP contribution in [0, 0.1) is 12.7 Å². The Bertz CT molecular complexity index is 1320. The average Bonchev–Trinajstić information content (AvgIpc) is 3.11. The summed E-state index contributed by atoms with van der Waals surface area (Å²) >= 11 is 4.26. The number of aliphatic hydroxyl groups excluding tert-OH is 1. The predicted molar refractivity (Wildman–Crippen MR) is 117 cm³/mol. The van der Waals surface area contributed by atoms with E-state index < -0.39 is 12.1 Å². The molecule has 0 spiro atoms. The van der Waals surface area contributed by atoms with Gasteiger partial charge in [0.1, 0.15) is 12.4 Å². The van der Waals surface area contributed by atoms with Crippen LogP contribution in [0.5, 0.6) is 0 Å². The van der Waals surface area contributed by atoms with Crippen molar-refractivity contribution in [1.82, 2.24) is 9.55 Å². The number of ether oxygens (including phenoxy) is 1. The molecule has 1 unspecified atom stereocenters. The summed E-state index contributed by atoms with van der Waals surface area (Å²) in [6, 6.07) is 5.05. The summed E-state index contributed by atoms with van der Waals surface area (Å²) < 4.78 is 21.2. The summed E-state index contributed by atoms with van der Waals surface area (Å²) in [5, 5.41) is 11.1. The lowest BCUT2D eigenvalue weighted by Crippen LogP contribution is -2.32. The molecule has 1 aromatic carbocycles. The number of fused-ring (bicyclic) bond motifs is 5. The predicted octanol–water partition coefficient (Wildman–Crippen LogP) is 3.22. The summed E-state index contributed by atoms with van der Waals surface area (Å²) in [6.07, 6.45) is 1.08. The van der Waals surface area contributed by atoms with E-state index >= 15 is 0 Å². The van der Waals surface area contributed by atoms with Crippen LogP contribution in [-0.4, -0.2) is 26.4 Å². The van der Waals surface area contributed by atoms with Gasteiger partial charge in [-0.15, -0.1) is 0 Å². The Morgan fingerprint density at radius 2 is 2.10 bits per heavy atom. The summed E-state index contributed by atoms with van der Waals surface area (Å²) in [5.41, 5.74) is 4.26. The molecule has 0 aliphatic carbocycles. The molecule has 1 N–H and O–H groups in total. The highest BCUT2D eigenvalue weighted by atomic mass is 32.1. The molecule has 0 saturated heterocycles. The number of hydrogen-bond donors (Lipinski definition) is 2. The number of carbonyl (C=O) groups excluding carboxylic acids is 1. The number of carbonyl (C=O) groups is 1. The monoisotopic (exact) mass is 440 g/mol. The molecular weight excluding hydrogens is 419 g/mol. The molecule has 6 nitrogen and oxygen atoms in total. The van der Waals surface area contributed by atoms with Crippen molar-refractivity contribution in [3.63, 3.8) is 0 Å². The fourth-order valence-corrected chi connectivity index (χ4v) is 4.77. The summed E-state index contributed by atoms with van der Waals surface area (Å²) in [7, 11) is 0. The van der Waals surface area contributed by atoms with E-state index in [0.717, 1.165) is 41.5 Å². The van der Waals surface area contributed by atoms with Crippen molar-refractivity contribution < 1.29 is 19.0 Å². The third-order valence-corrected chi connectivity index (χ3v) is 6.56. The quantitative estimate of drug-likeness (QED) is 0.289. The maximum Gasteiger partial charge on any atom is 0.340 e. The number of thiol groups is 1. The van der Waals surface area contributed by atoms with Crippen molar-refractivity contribution in [2.45, 2.75) is 45.4 Å². The smallest absolute Gasteiger partial charge is 0.340 e. The van der Waals surface area contributed by atoms with Gasteiger partial charge in [-0.05, 0) is 55.2 Å². The molecule has 2 aliphatic rings. The number of aliphatic hydroxyl groups is 1. The maximum atomic E-state index is 14.7. The van der Waals surface area contributed by atoms with Crippen LogP contribution < -0.4 is 5.56 Å². The minimum absolute atomic E-state index is 0.157. The number of rotatable bonds is 4. The lowest BCUT2D eigenvalue weighted by molar-refractivity contribution is -0.157. The number of hydrogen-bond acceptors (Lipinski definition) is 6. The minimum Gasteiger partial charge on any atom is -0.458 e. The number of nitrogens with zero attached hydrogens (tertiary/aromatic N) is 2. The molecule has 3 aromatic rings. The van der Waals surface area contributed by atoms with Crippen LogP contribution in [0.25, 0.3) is 22.3 Å². The number of benzene rings is 1. The molecule has 2 aromatic heterocycles. The van der Waals surface area contributed by atoms with Gasteiger partial charge in [-0.1, -0.05) is 0 Å². The van der Waals surface area contributed by atoms with Gasteiger partial charge < -0.3 is 14.4 Å². The molecule has 2 aliphatic heterocycles. The highest BCUT2D eigenvalue weighted by Crippen LogP contribution is 2.37. The molecular formula is C23H21FN2O4S. The first-order valence-corrected chi connectivity index (χ1v) is 10.9. The molecule has 1 atom stereocenters. The third-order valence-electron chi connectivity index (χ3n) is 6.25. The number of unbranched alkanes of at least 4 members (excludes halogenated alkanes) is 1. The highest BCUT2D eigenvalue weighted by Gasteiger charge is 2.33. The summed E-state index contributed by atoms with van der Waals surface area (Å²) in [4.78, 5) is 29.5. The number of esters is 1. The van der Waals surface area contributed by atoms with Gasteiger partial charge in [-0.3, -0.25) is 4.79 Å². The first-order chi connectivity index (χ1) is 14.9. The van der Waals surface area contributed by atoms with Crippen molar-refractivity contribution in [2.75, 3.05) is 5.75 Å². The summed E-state index contributed by atoms with van der Waals surface area (Å²) in [5.74, 6) is -0.300. The fraction of sp³-hybridized carbons (Fsp3) is 0.348. The van der Waals surface area contributed by atoms with Gasteiger partial charge in [0.25, 0.3) is 5.56 Å². The zero-order valence-corrected chi connectivity index (χ0v) is 17.8. The molecule has 0 bridgehead atoms. The fourth-order valence-electron chi connectivity index (χ4n) is 4.54. The largest absolute Gasteiger partial charge is 0.458 e. The zero-order valence-electron chi connectivity index (χ0n) is 16.9. The van der Waals surface area contributed by atoms with E-state index in [0.29, 0.717) is 29.0 Å². The van der Waals surface area contributed by atoms with Gasteiger partial charge in [0, 0.05) is 22.6 Å². The average molecular weight is 440 g/mol. The Balaban J connectivity index is 1.69. The molecule has 160 valence electrons. The topological polar surface area (TPSA) is 81.4 Å². The normalized spacial score (nSPS) is 16.8. The molecule has 0 amide bonds. The number of halogens is 1. The lowest BCUT2D eigenvalue weighted by atomic mass is 9.95. The molecule has 0 radical (unpaired) electrons. The number of aromatic nitrogens is 2. The Morgan fingerprint density at radius 3 is 2.87 bits per heavy atom. The third kappa shape index (κ3) is 3.08. The van der Waals surface area contributed by atoms with Crippen LogP contribution in [0.1, 0.15) is 46.8 Å². The minimum atomic E-state index is -1.50. The van der Waals surface area contributed by atoms with Gasteiger partial charge in [0.05, 0.1) is 29.0 Å². The van der Waals surface area contributed by atoms with Crippen LogP contribution in [0.4, 0.5) is 4.39 Å². The van der Waals surface area contributed by atoms with E-state index in [-0.39, 0.29) is 29.1 Å². The van der Waals surface area contributed by atoms with Crippen molar-refractivity contribution in [2.24, 2.45) is 0 Å². The van der Waals surface area contributed by atoms with E-state index in [2.05, 4.69) is 12.6 Å². The second-order valence-electron chi connectivity index (χ2n) is 8.07. The zero-order chi connectivity index (χ0) is 21.9. The van der Waals surface area contributed by atoms with Crippen molar-refractivity contribution in [1.29, 1.82) is 0 Å². The van der Waals surface area contributed by atoms with Gasteiger partial charge in [-0.2, -0.15) is 12.6 Å². The molecule has 8 heteroatoms. The van der Waals surface area contributed by atoms with Gasteiger partial charge in [0.2, 0.25) is 0 Å². The first-order valence-electron chi connectivity index (χ1n) is 10.2. The van der Waals surface area contributed by atoms with E-state index in [4.69, 9.17) is 9.72 Å². The van der Waals surface area contributed by atoms with Gasteiger partial charge in [-0.25, -0.2) is 14.2 Å². The van der Waals surface area contributed by atoms with E-state index in [1.807, 2.05) is 6.07 Å². The van der Waals surface area contributed by atoms with Crippen molar-refractivity contribution >= 4 is 29.5 Å². The molecule has 0 saturated carbocycles. The lowest BCUT2D eigenvalue weighted by Gasteiger charge is -2.21. The first kappa shape index (κ1) is 20.2. The van der Waals surface area contributed by atoms with Crippen LogP contribution in [0.2, 0.25) is 0 Å². The molecule has 4 heterocycles.